The van der Waals surface area contributed by atoms with Gasteiger partial charge in [-0.05, 0) is 39.5 Å². The Labute approximate surface area is 107 Å². The van der Waals surface area contributed by atoms with Gasteiger partial charge >= 0.3 is 0 Å². The molecular weight excluding hydrogens is 208 g/mol. The van der Waals surface area contributed by atoms with E-state index in [0.717, 1.165) is 5.92 Å². The average Bonchev–Trinajstić information content (AvgIpc) is 2.83. The van der Waals surface area contributed by atoms with Gasteiger partial charge in [-0.25, -0.2) is 0 Å². The molecule has 0 aliphatic carbocycles. The van der Waals surface area contributed by atoms with E-state index in [1.54, 1.807) is 0 Å². The minimum absolute atomic E-state index is 0.300. The average molecular weight is 236 g/mol. The van der Waals surface area contributed by atoms with E-state index in [1.807, 2.05) is 0 Å². The van der Waals surface area contributed by atoms with Gasteiger partial charge in [-0.3, -0.25) is 4.90 Å². The van der Waals surface area contributed by atoms with Gasteiger partial charge in [0.15, 0.2) is 0 Å². The molecule has 0 spiro atoms. The highest BCUT2D eigenvalue weighted by Crippen LogP contribution is 2.34. The van der Waals surface area contributed by atoms with Gasteiger partial charge in [0, 0.05) is 43.3 Å². The third-order valence-electron chi connectivity index (χ3n) is 4.50. The zero-order valence-electron chi connectivity index (χ0n) is 12.0. The summed E-state index contributed by atoms with van der Waals surface area (Å²) in [5.41, 5.74) is 1.70. The van der Waals surface area contributed by atoms with Crippen molar-refractivity contribution in [3.05, 3.63) is 12.3 Å². The fourth-order valence-electron chi connectivity index (χ4n) is 3.19. The van der Waals surface area contributed by atoms with Gasteiger partial charge in [0.05, 0.1) is 0 Å². The lowest BCUT2D eigenvalue weighted by Gasteiger charge is -2.32. The van der Waals surface area contributed by atoms with Gasteiger partial charge in [0.25, 0.3) is 0 Å². The first kappa shape index (κ1) is 12.9. The van der Waals surface area contributed by atoms with Crippen LogP contribution in [0, 0.1) is 11.8 Å². The molecule has 2 unspecified atom stereocenters. The summed E-state index contributed by atoms with van der Waals surface area (Å²) in [6.07, 6.45) is 2.70. The maximum absolute atomic E-state index is 4.38. The maximum atomic E-state index is 4.38. The first-order valence-corrected chi connectivity index (χ1v) is 7.08. The lowest BCUT2D eigenvalue weighted by molar-refractivity contribution is 0.165. The standard InChI is InChI=1S/C15H28N2/c1-12-10-17(15(3,4)5)11-14(12)13(2)16-8-6-7-9-16/h12,14H,2,6-11H2,1,3-5H3. The van der Waals surface area contributed by atoms with E-state index in [-0.39, 0.29) is 0 Å². The summed E-state index contributed by atoms with van der Waals surface area (Å²) in [6.45, 7) is 18.6. The molecule has 0 aromatic rings. The molecule has 2 aliphatic heterocycles. The molecule has 2 rings (SSSR count). The summed E-state index contributed by atoms with van der Waals surface area (Å²) in [4.78, 5) is 5.14. The lowest BCUT2D eigenvalue weighted by Crippen LogP contribution is -2.40. The van der Waals surface area contributed by atoms with Crippen LogP contribution in [-0.4, -0.2) is 41.5 Å². The van der Waals surface area contributed by atoms with Gasteiger partial charge in [0.2, 0.25) is 0 Å². The fourth-order valence-corrected chi connectivity index (χ4v) is 3.19. The predicted octanol–water partition coefficient (Wildman–Crippen LogP) is 2.96. The topological polar surface area (TPSA) is 6.48 Å². The SMILES string of the molecule is C=C(C1CN(C(C)(C)C)CC1C)N1CCCC1. The van der Waals surface area contributed by atoms with Crippen LogP contribution < -0.4 is 0 Å². The van der Waals surface area contributed by atoms with E-state index in [1.165, 1.54) is 44.7 Å². The van der Waals surface area contributed by atoms with Crippen LogP contribution in [0.4, 0.5) is 0 Å². The van der Waals surface area contributed by atoms with Crippen molar-refractivity contribution < 1.29 is 0 Å². The monoisotopic (exact) mass is 236 g/mol. The summed E-state index contributed by atoms with van der Waals surface area (Å²) < 4.78 is 0. The second-order valence-electron chi connectivity index (χ2n) is 6.85. The molecule has 0 N–H and O–H groups in total. The van der Waals surface area contributed by atoms with Crippen molar-refractivity contribution in [3.63, 3.8) is 0 Å². The Bertz CT molecular complexity index is 284. The largest absolute Gasteiger partial charge is 0.375 e. The van der Waals surface area contributed by atoms with E-state index in [9.17, 15) is 0 Å². The molecule has 2 atom stereocenters. The predicted molar refractivity (Wildman–Crippen MR) is 73.9 cm³/mol. The minimum atomic E-state index is 0.300. The van der Waals surface area contributed by atoms with Crippen molar-refractivity contribution in [1.82, 2.24) is 9.80 Å². The van der Waals surface area contributed by atoms with Crippen molar-refractivity contribution in [2.75, 3.05) is 26.2 Å². The van der Waals surface area contributed by atoms with Crippen molar-refractivity contribution in [3.8, 4) is 0 Å². The zero-order chi connectivity index (χ0) is 12.6. The molecule has 2 heteroatoms. The molecule has 0 saturated carbocycles. The van der Waals surface area contributed by atoms with Crippen molar-refractivity contribution >= 4 is 0 Å². The van der Waals surface area contributed by atoms with Crippen LogP contribution in [0.3, 0.4) is 0 Å². The van der Waals surface area contributed by atoms with E-state index < -0.39 is 0 Å². The molecule has 98 valence electrons. The highest BCUT2D eigenvalue weighted by molar-refractivity contribution is 5.08. The van der Waals surface area contributed by atoms with Crippen molar-refractivity contribution in [2.24, 2.45) is 11.8 Å². The zero-order valence-corrected chi connectivity index (χ0v) is 12.0. The molecule has 2 aliphatic rings. The third-order valence-corrected chi connectivity index (χ3v) is 4.50. The quantitative estimate of drug-likeness (QED) is 0.727. The molecule has 2 heterocycles. The molecule has 0 radical (unpaired) electrons. The van der Waals surface area contributed by atoms with E-state index in [2.05, 4.69) is 44.1 Å². The Morgan fingerprint density at radius 3 is 2.18 bits per heavy atom. The summed E-state index contributed by atoms with van der Waals surface area (Å²) in [7, 11) is 0. The highest BCUT2D eigenvalue weighted by atomic mass is 15.2. The summed E-state index contributed by atoms with van der Waals surface area (Å²) in [5.74, 6) is 1.43. The minimum Gasteiger partial charge on any atom is -0.375 e. The number of hydrogen-bond acceptors (Lipinski definition) is 2. The molecule has 2 fully saturated rings. The number of rotatable bonds is 2. The maximum Gasteiger partial charge on any atom is 0.0175 e. The molecule has 2 saturated heterocycles. The van der Waals surface area contributed by atoms with E-state index >= 15 is 0 Å². The summed E-state index contributed by atoms with van der Waals surface area (Å²) >= 11 is 0. The molecule has 0 aromatic heterocycles. The van der Waals surface area contributed by atoms with Crippen molar-refractivity contribution in [2.45, 2.75) is 46.1 Å². The van der Waals surface area contributed by atoms with Gasteiger partial charge in [-0.1, -0.05) is 13.5 Å². The number of likely N-dealkylation sites (tertiary alicyclic amines) is 2. The van der Waals surface area contributed by atoms with Crippen LogP contribution in [0.25, 0.3) is 0 Å². The Morgan fingerprint density at radius 1 is 1.12 bits per heavy atom. The summed E-state index contributed by atoms with van der Waals surface area (Å²) in [6, 6.07) is 0. The normalized spacial score (nSPS) is 31.2. The fraction of sp³-hybridized carbons (Fsp3) is 0.867. The number of hydrogen-bond donors (Lipinski definition) is 0. The first-order valence-electron chi connectivity index (χ1n) is 7.08. The van der Waals surface area contributed by atoms with Crippen LogP contribution in [0.2, 0.25) is 0 Å². The van der Waals surface area contributed by atoms with Gasteiger partial charge in [-0.2, -0.15) is 0 Å². The van der Waals surface area contributed by atoms with E-state index in [0.29, 0.717) is 11.5 Å². The van der Waals surface area contributed by atoms with E-state index in [4.69, 9.17) is 0 Å². The first-order chi connectivity index (χ1) is 7.89. The summed E-state index contributed by atoms with van der Waals surface area (Å²) in [5, 5.41) is 0. The second-order valence-corrected chi connectivity index (χ2v) is 6.85. The molecule has 17 heavy (non-hydrogen) atoms. The molecule has 0 aromatic carbocycles. The van der Waals surface area contributed by atoms with Crippen LogP contribution in [-0.2, 0) is 0 Å². The van der Waals surface area contributed by atoms with Crippen LogP contribution in [0.1, 0.15) is 40.5 Å². The highest BCUT2D eigenvalue weighted by Gasteiger charge is 2.37. The number of nitrogens with zero attached hydrogens (tertiary/aromatic N) is 2. The molecule has 2 nitrogen and oxygen atoms in total. The van der Waals surface area contributed by atoms with Crippen LogP contribution >= 0.6 is 0 Å². The van der Waals surface area contributed by atoms with Gasteiger partial charge in [0.1, 0.15) is 0 Å². The molecule has 0 bridgehead atoms. The molecule has 0 amide bonds. The molecular formula is C15H28N2. The van der Waals surface area contributed by atoms with Gasteiger partial charge in [-0.15, -0.1) is 0 Å². The third kappa shape index (κ3) is 2.67. The van der Waals surface area contributed by atoms with Crippen molar-refractivity contribution in [1.29, 1.82) is 0 Å². The smallest absolute Gasteiger partial charge is 0.0175 e. The second kappa shape index (κ2) is 4.64. The Hall–Kier alpha value is -0.500. The Balaban J connectivity index is 2.00. The van der Waals surface area contributed by atoms with Crippen LogP contribution in [0.15, 0.2) is 12.3 Å². The van der Waals surface area contributed by atoms with Crippen LogP contribution in [0.5, 0.6) is 0 Å². The van der Waals surface area contributed by atoms with Gasteiger partial charge < -0.3 is 4.90 Å². The lowest BCUT2D eigenvalue weighted by atomic mass is 9.94. The Morgan fingerprint density at radius 2 is 1.71 bits per heavy atom. The Kier molecular flexibility index (Phi) is 3.53.